The number of nitrogens with zero attached hydrogens (tertiary/aromatic N) is 2. The van der Waals surface area contributed by atoms with Crippen LogP contribution in [0.15, 0.2) is 59.7 Å². The van der Waals surface area contributed by atoms with Crippen molar-refractivity contribution in [1.29, 1.82) is 0 Å². The van der Waals surface area contributed by atoms with Gasteiger partial charge in [-0.05, 0) is 43.7 Å². The van der Waals surface area contributed by atoms with Gasteiger partial charge in [0.25, 0.3) is 5.91 Å². The van der Waals surface area contributed by atoms with Gasteiger partial charge in [-0.3, -0.25) is 9.89 Å². The van der Waals surface area contributed by atoms with E-state index in [0.717, 1.165) is 28.1 Å². The first-order valence-electron chi connectivity index (χ1n) is 8.35. The molecule has 132 valence electrons. The standard InChI is InChI=1S/C20H20N4O2/c1-3-26-17-11-9-16(10-12-17)18-14(2)19(23-22-18)20(25)24-21-13-15-7-5-4-6-8-15/h4-13H,3H2,1-2H3,(H,22,23)(H,24,25). The first-order chi connectivity index (χ1) is 12.7. The molecule has 0 spiro atoms. The molecule has 0 aliphatic heterocycles. The highest BCUT2D eigenvalue weighted by molar-refractivity contribution is 5.95. The molecule has 0 atom stereocenters. The summed E-state index contributed by atoms with van der Waals surface area (Å²) in [5.41, 5.74) is 6.22. The van der Waals surface area contributed by atoms with Crippen LogP contribution in [-0.4, -0.2) is 28.9 Å². The smallest absolute Gasteiger partial charge is 0.289 e. The summed E-state index contributed by atoms with van der Waals surface area (Å²) in [6.45, 7) is 4.41. The van der Waals surface area contributed by atoms with Crippen molar-refractivity contribution in [2.24, 2.45) is 5.10 Å². The van der Waals surface area contributed by atoms with E-state index < -0.39 is 0 Å². The third-order valence-corrected chi connectivity index (χ3v) is 3.85. The fourth-order valence-electron chi connectivity index (χ4n) is 2.54. The van der Waals surface area contributed by atoms with Crippen LogP contribution in [0.4, 0.5) is 0 Å². The molecule has 1 amide bonds. The zero-order chi connectivity index (χ0) is 18.4. The molecule has 3 aromatic rings. The van der Waals surface area contributed by atoms with Crippen molar-refractivity contribution in [2.75, 3.05) is 6.61 Å². The monoisotopic (exact) mass is 348 g/mol. The van der Waals surface area contributed by atoms with Gasteiger partial charge in [-0.2, -0.15) is 10.2 Å². The van der Waals surface area contributed by atoms with Gasteiger partial charge in [0.2, 0.25) is 0 Å². The summed E-state index contributed by atoms with van der Waals surface area (Å²) in [5, 5.41) is 11.0. The number of H-pyrrole nitrogens is 1. The fraction of sp³-hybridized carbons (Fsp3) is 0.150. The van der Waals surface area contributed by atoms with Crippen molar-refractivity contribution >= 4 is 12.1 Å². The molecule has 6 heteroatoms. The average Bonchev–Trinajstić information content (AvgIpc) is 3.05. The van der Waals surface area contributed by atoms with Crippen LogP contribution in [-0.2, 0) is 0 Å². The van der Waals surface area contributed by atoms with Crippen LogP contribution in [0, 0.1) is 6.92 Å². The van der Waals surface area contributed by atoms with Gasteiger partial charge in [-0.25, -0.2) is 5.43 Å². The van der Waals surface area contributed by atoms with Gasteiger partial charge in [0.1, 0.15) is 11.4 Å². The number of aromatic nitrogens is 2. The van der Waals surface area contributed by atoms with Crippen molar-refractivity contribution < 1.29 is 9.53 Å². The highest BCUT2D eigenvalue weighted by Crippen LogP contribution is 2.25. The molecule has 1 heterocycles. The summed E-state index contributed by atoms with van der Waals surface area (Å²) < 4.78 is 5.44. The summed E-state index contributed by atoms with van der Waals surface area (Å²) in [7, 11) is 0. The Bertz CT molecular complexity index is 899. The van der Waals surface area contributed by atoms with Gasteiger partial charge in [0.05, 0.1) is 18.5 Å². The number of carbonyl (C=O) groups is 1. The second kappa shape index (κ2) is 8.11. The summed E-state index contributed by atoms with van der Waals surface area (Å²) >= 11 is 0. The lowest BCUT2D eigenvalue weighted by molar-refractivity contribution is 0.0949. The Kier molecular flexibility index (Phi) is 5.43. The fourth-order valence-corrected chi connectivity index (χ4v) is 2.54. The third kappa shape index (κ3) is 3.97. The molecule has 0 unspecified atom stereocenters. The minimum absolute atomic E-state index is 0.334. The maximum Gasteiger partial charge on any atom is 0.289 e. The Hall–Kier alpha value is -3.41. The SMILES string of the molecule is CCOc1ccc(-c2n[nH]c(C(=O)NN=Cc3ccccc3)c2C)cc1. The Balaban J connectivity index is 1.71. The van der Waals surface area contributed by atoms with Crippen molar-refractivity contribution in [2.45, 2.75) is 13.8 Å². The van der Waals surface area contributed by atoms with Crippen LogP contribution in [0.1, 0.15) is 28.5 Å². The molecule has 26 heavy (non-hydrogen) atoms. The maximum atomic E-state index is 12.3. The zero-order valence-corrected chi connectivity index (χ0v) is 14.7. The van der Waals surface area contributed by atoms with Gasteiger partial charge >= 0.3 is 0 Å². The molecule has 0 saturated heterocycles. The number of rotatable bonds is 6. The predicted molar refractivity (Wildman–Crippen MR) is 101 cm³/mol. The normalized spacial score (nSPS) is 10.8. The van der Waals surface area contributed by atoms with Crippen LogP contribution in [0.2, 0.25) is 0 Å². The Labute approximate surface area is 151 Å². The van der Waals surface area contributed by atoms with Gasteiger partial charge < -0.3 is 4.74 Å². The molecule has 2 N–H and O–H groups in total. The van der Waals surface area contributed by atoms with E-state index in [9.17, 15) is 4.79 Å². The number of hydrogen-bond acceptors (Lipinski definition) is 4. The first kappa shape index (κ1) is 17.4. The lowest BCUT2D eigenvalue weighted by Gasteiger charge is -2.04. The first-order valence-corrected chi connectivity index (χ1v) is 8.35. The third-order valence-electron chi connectivity index (χ3n) is 3.85. The quantitative estimate of drug-likeness (QED) is 0.528. The second-order valence-corrected chi connectivity index (χ2v) is 5.64. The molecule has 3 rings (SSSR count). The summed E-state index contributed by atoms with van der Waals surface area (Å²) in [6, 6.07) is 17.2. The summed E-state index contributed by atoms with van der Waals surface area (Å²) in [6.07, 6.45) is 1.59. The van der Waals surface area contributed by atoms with E-state index in [0.29, 0.717) is 12.3 Å². The molecule has 0 saturated carbocycles. The van der Waals surface area contributed by atoms with Crippen molar-refractivity contribution in [1.82, 2.24) is 15.6 Å². The molecule has 0 radical (unpaired) electrons. The number of ether oxygens (including phenoxy) is 1. The topological polar surface area (TPSA) is 79.4 Å². The van der Waals surface area contributed by atoms with E-state index in [2.05, 4.69) is 20.7 Å². The van der Waals surface area contributed by atoms with Crippen LogP contribution >= 0.6 is 0 Å². The summed E-state index contributed by atoms with van der Waals surface area (Å²) in [4.78, 5) is 12.3. The van der Waals surface area contributed by atoms with E-state index >= 15 is 0 Å². The van der Waals surface area contributed by atoms with Crippen LogP contribution in [0.3, 0.4) is 0 Å². The van der Waals surface area contributed by atoms with Crippen molar-refractivity contribution in [3.05, 3.63) is 71.4 Å². The molecular formula is C20H20N4O2. The summed E-state index contributed by atoms with van der Waals surface area (Å²) in [5.74, 6) is 0.469. The number of hydrogen-bond donors (Lipinski definition) is 2. The second-order valence-electron chi connectivity index (χ2n) is 5.64. The minimum atomic E-state index is -0.334. The van der Waals surface area contributed by atoms with E-state index in [1.165, 1.54) is 0 Å². The van der Waals surface area contributed by atoms with Gasteiger partial charge in [0, 0.05) is 11.1 Å². The predicted octanol–water partition coefficient (Wildman–Crippen LogP) is 3.55. The number of amides is 1. The van der Waals surface area contributed by atoms with E-state index in [1.54, 1.807) is 6.21 Å². The Morgan fingerprint density at radius 1 is 1.19 bits per heavy atom. The minimum Gasteiger partial charge on any atom is -0.494 e. The molecule has 1 aromatic heterocycles. The molecule has 0 bridgehead atoms. The number of carbonyl (C=O) groups excluding carboxylic acids is 1. The van der Waals surface area contributed by atoms with Gasteiger partial charge in [0.15, 0.2) is 0 Å². The van der Waals surface area contributed by atoms with Crippen LogP contribution in [0.25, 0.3) is 11.3 Å². The number of benzene rings is 2. The molecule has 0 aliphatic carbocycles. The van der Waals surface area contributed by atoms with Gasteiger partial charge in [-0.15, -0.1) is 0 Å². The Morgan fingerprint density at radius 2 is 1.92 bits per heavy atom. The molecule has 0 fully saturated rings. The number of hydrazone groups is 1. The van der Waals surface area contributed by atoms with E-state index in [-0.39, 0.29) is 5.91 Å². The maximum absolute atomic E-state index is 12.3. The molecule has 0 aliphatic rings. The molecule has 2 aromatic carbocycles. The lowest BCUT2D eigenvalue weighted by Crippen LogP contribution is -2.19. The van der Waals surface area contributed by atoms with Crippen LogP contribution in [0.5, 0.6) is 5.75 Å². The van der Waals surface area contributed by atoms with Crippen molar-refractivity contribution in [3.63, 3.8) is 0 Å². The Morgan fingerprint density at radius 3 is 2.62 bits per heavy atom. The lowest BCUT2D eigenvalue weighted by atomic mass is 10.1. The van der Waals surface area contributed by atoms with E-state index in [4.69, 9.17) is 4.74 Å². The molecule has 6 nitrogen and oxygen atoms in total. The number of nitrogens with one attached hydrogen (secondary N) is 2. The van der Waals surface area contributed by atoms with E-state index in [1.807, 2.05) is 68.4 Å². The number of aromatic amines is 1. The zero-order valence-electron chi connectivity index (χ0n) is 14.7. The highest BCUT2D eigenvalue weighted by Gasteiger charge is 2.16. The largest absolute Gasteiger partial charge is 0.494 e. The highest BCUT2D eigenvalue weighted by atomic mass is 16.5. The average molecular weight is 348 g/mol. The van der Waals surface area contributed by atoms with Gasteiger partial charge in [-0.1, -0.05) is 30.3 Å². The van der Waals surface area contributed by atoms with Crippen LogP contribution < -0.4 is 10.2 Å². The molecular weight excluding hydrogens is 328 g/mol. The van der Waals surface area contributed by atoms with Crippen molar-refractivity contribution in [3.8, 4) is 17.0 Å².